The molecule has 0 spiro atoms. The molecule has 2 heterocycles. The van der Waals surface area contributed by atoms with Crippen molar-refractivity contribution in [2.45, 2.75) is 17.9 Å². The van der Waals surface area contributed by atoms with Crippen LogP contribution in [0.1, 0.15) is 21.5 Å². The van der Waals surface area contributed by atoms with E-state index < -0.39 is 17.6 Å². The number of alkyl halides is 3. The fourth-order valence-electron chi connectivity index (χ4n) is 3.08. The van der Waals surface area contributed by atoms with E-state index in [-0.39, 0.29) is 17.3 Å². The number of rotatable bonds is 7. The lowest BCUT2D eigenvalue weighted by Crippen LogP contribution is -2.23. The molecule has 0 fully saturated rings. The molecule has 0 unspecified atom stereocenters. The van der Waals surface area contributed by atoms with Gasteiger partial charge in [-0.3, -0.25) is 14.0 Å². The van der Waals surface area contributed by atoms with E-state index >= 15 is 0 Å². The molecule has 2 N–H and O–H groups in total. The summed E-state index contributed by atoms with van der Waals surface area (Å²) in [5, 5.41) is 13.7. The van der Waals surface area contributed by atoms with Crippen LogP contribution < -0.4 is 10.6 Å². The number of aromatic nitrogens is 3. The Hall–Kier alpha value is -3.86. The van der Waals surface area contributed by atoms with Crippen LogP contribution in [0.5, 0.6) is 0 Å². The first kappa shape index (κ1) is 23.3. The van der Waals surface area contributed by atoms with E-state index in [4.69, 9.17) is 0 Å². The minimum absolute atomic E-state index is 0.0453. The monoisotopic (exact) mass is 485 g/mol. The minimum Gasteiger partial charge on any atom is -0.348 e. The van der Waals surface area contributed by atoms with Gasteiger partial charge in [-0.2, -0.15) is 13.2 Å². The fourth-order valence-corrected chi connectivity index (χ4v) is 3.80. The summed E-state index contributed by atoms with van der Waals surface area (Å²) in [6, 6.07) is 17.1. The molecule has 0 bridgehead atoms. The van der Waals surface area contributed by atoms with Crippen molar-refractivity contribution in [3.05, 3.63) is 89.6 Å². The van der Waals surface area contributed by atoms with Gasteiger partial charge in [0.15, 0.2) is 10.8 Å². The summed E-state index contributed by atoms with van der Waals surface area (Å²) in [6.45, 7) is 0.372. The molecule has 11 heteroatoms. The molecule has 0 aliphatic carbocycles. The van der Waals surface area contributed by atoms with E-state index in [2.05, 4.69) is 20.8 Å². The predicted octanol–water partition coefficient (Wildman–Crippen LogP) is 4.41. The molecule has 174 valence electrons. The molecule has 0 aliphatic heterocycles. The van der Waals surface area contributed by atoms with Crippen molar-refractivity contribution in [3.63, 3.8) is 0 Å². The molecule has 0 saturated carbocycles. The number of nitrogens with one attached hydrogen (secondary N) is 2. The summed E-state index contributed by atoms with van der Waals surface area (Å²) in [6.07, 6.45) is -2.93. The Morgan fingerprint density at radius 3 is 2.53 bits per heavy atom. The first-order valence-electron chi connectivity index (χ1n) is 10.1. The maximum absolute atomic E-state index is 12.8. The lowest BCUT2D eigenvalue weighted by molar-refractivity contribution is -0.137. The van der Waals surface area contributed by atoms with Gasteiger partial charge in [-0.15, -0.1) is 10.2 Å². The quantitative estimate of drug-likeness (QED) is 0.379. The van der Waals surface area contributed by atoms with Crippen LogP contribution in [0.15, 0.2) is 78.1 Å². The van der Waals surface area contributed by atoms with E-state index in [1.807, 2.05) is 30.3 Å². The maximum Gasteiger partial charge on any atom is 0.416 e. The van der Waals surface area contributed by atoms with E-state index in [0.717, 1.165) is 29.5 Å². The molecular formula is C23H18F3N5O2S. The predicted molar refractivity (Wildman–Crippen MR) is 121 cm³/mol. The summed E-state index contributed by atoms with van der Waals surface area (Å²) >= 11 is 1.05. The normalized spacial score (nSPS) is 11.4. The molecule has 34 heavy (non-hydrogen) atoms. The van der Waals surface area contributed by atoms with Gasteiger partial charge < -0.3 is 10.6 Å². The largest absolute Gasteiger partial charge is 0.416 e. The van der Waals surface area contributed by atoms with E-state index in [1.54, 1.807) is 22.7 Å². The zero-order valence-corrected chi connectivity index (χ0v) is 18.4. The number of benzene rings is 2. The molecule has 4 aromatic rings. The smallest absolute Gasteiger partial charge is 0.348 e. The van der Waals surface area contributed by atoms with Gasteiger partial charge in [-0.05, 0) is 35.9 Å². The number of carbonyl (C=O) groups is 2. The number of nitrogens with zero attached hydrogens (tertiary/aromatic N) is 3. The van der Waals surface area contributed by atoms with Crippen molar-refractivity contribution in [2.24, 2.45) is 0 Å². The third kappa shape index (κ3) is 5.73. The van der Waals surface area contributed by atoms with Gasteiger partial charge in [-0.25, -0.2) is 0 Å². The van der Waals surface area contributed by atoms with Crippen LogP contribution in [0, 0.1) is 0 Å². The number of carbonyl (C=O) groups excluding carboxylic acids is 2. The number of pyridine rings is 1. The van der Waals surface area contributed by atoms with Crippen LogP contribution in [0.3, 0.4) is 0 Å². The van der Waals surface area contributed by atoms with E-state index in [1.165, 1.54) is 12.1 Å². The number of thioether (sulfide) groups is 1. The molecule has 4 rings (SSSR count). The zero-order chi connectivity index (χ0) is 24.1. The van der Waals surface area contributed by atoms with Gasteiger partial charge in [0.1, 0.15) is 0 Å². The van der Waals surface area contributed by atoms with Crippen molar-refractivity contribution in [2.75, 3.05) is 11.1 Å². The second-order valence-electron chi connectivity index (χ2n) is 7.21. The number of fused-ring (bicyclic) bond motifs is 1. The summed E-state index contributed by atoms with van der Waals surface area (Å²) in [7, 11) is 0. The Kier molecular flexibility index (Phi) is 6.82. The molecule has 2 aromatic carbocycles. The van der Waals surface area contributed by atoms with Crippen molar-refractivity contribution < 1.29 is 22.8 Å². The van der Waals surface area contributed by atoms with Crippen LogP contribution in [-0.4, -0.2) is 32.2 Å². The average molecular weight is 485 g/mol. The number of halogens is 3. The molecule has 2 amide bonds. The summed E-state index contributed by atoms with van der Waals surface area (Å²) < 4.78 is 40.1. The average Bonchev–Trinajstić information content (AvgIpc) is 3.24. The Morgan fingerprint density at radius 1 is 0.971 bits per heavy atom. The third-order valence-electron chi connectivity index (χ3n) is 4.74. The minimum atomic E-state index is -4.50. The number of amides is 2. The molecule has 0 radical (unpaired) electrons. The van der Waals surface area contributed by atoms with Gasteiger partial charge >= 0.3 is 6.18 Å². The van der Waals surface area contributed by atoms with Crippen molar-refractivity contribution in [1.82, 2.24) is 19.9 Å². The van der Waals surface area contributed by atoms with Crippen LogP contribution in [-0.2, 0) is 17.5 Å². The number of anilines is 1. The topological polar surface area (TPSA) is 88.4 Å². The van der Waals surface area contributed by atoms with Crippen LogP contribution in [0.2, 0.25) is 0 Å². The molecular weight excluding hydrogens is 467 g/mol. The Morgan fingerprint density at radius 2 is 1.76 bits per heavy atom. The van der Waals surface area contributed by atoms with Gasteiger partial charge in [0.05, 0.1) is 16.9 Å². The van der Waals surface area contributed by atoms with Gasteiger partial charge in [0.2, 0.25) is 5.91 Å². The zero-order valence-electron chi connectivity index (χ0n) is 17.5. The first-order valence-corrected chi connectivity index (χ1v) is 11.0. The Labute approximate surface area is 196 Å². The highest BCUT2D eigenvalue weighted by molar-refractivity contribution is 7.99. The van der Waals surface area contributed by atoms with Crippen LogP contribution in [0.25, 0.3) is 5.65 Å². The molecule has 0 atom stereocenters. The van der Waals surface area contributed by atoms with E-state index in [0.29, 0.717) is 22.9 Å². The highest BCUT2D eigenvalue weighted by atomic mass is 32.2. The van der Waals surface area contributed by atoms with Gasteiger partial charge in [0.25, 0.3) is 5.91 Å². The van der Waals surface area contributed by atoms with Crippen molar-refractivity contribution in [1.29, 1.82) is 0 Å². The second-order valence-corrected chi connectivity index (χ2v) is 8.15. The molecule has 0 saturated heterocycles. The first-order chi connectivity index (χ1) is 16.3. The molecule has 7 nitrogen and oxygen atoms in total. The fraction of sp³-hybridized carbons (Fsp3) is 0.130. The van der Waals surface area contributed by atoms with Crippen LogP contribution >= 0.6 is 11.8 Å². The standard InChI is InChI=1S/C23H18F3N5O2S/c24-23(25,26)17-7-4-8-18(11-17)28-20(32)14-34-22-30-29-19-10-9-16(13-31(19)22)21(33)27-12-15-5-2-1-3-6-15/h1-11,13H,12,14H2,(H,27,33)(H,28,32). The maximum atomic E-state index is 12.8. The Balaban J connectivity index is 1.39. The summed E-state index contributed by atoms with van der Waals surface area (Å²) in [5.74, 6) is -0.892. The second kappa shape index (κ2) is 9.96. The number of hydrogen-bond donors (Lipinski definition) is 2. The molecule has 0 aliphatic rings. The number of hydrogen-bond acceptors (Lipinski definition) is 5. The lowest BCUT2D eigenvalue weighted by Gasteiger charge is -2.09. The highest BCUT2D eigenvalue weighted by Gasteiger charge is 2.30. The van der Waals surface area contributed by atoms with Crippen LogP contribution in [0.4, 0.5) is 18.9 Å². The van der Waals surface area contributed by atoms with Crippen molar-refractivity contribution in [3.8, 4) is 0 Å². The summed E-state index contributed by atoms with van der Waals surface area (Å²) in [5.41, 5.74) is 1.03. The third-order valence-corrected chi connectivity index (χ3v) is 5.68. The summed E-state index contributed by atoms with van der Waals surface area (Å²) in [4.78, 5) is 24.8. The van der Waals surface area contributed by atoms with Crippen molar-refractivity contribution >= 4 is 34.9 Å². The SMILES string of the molecule is O=C(CSc1nnc2ccc(C(=O)NCc3ccccc3)cn12)Nc1cccc(C(F)(F)F)c1. The Bertz CT molecular complexity index is 1330. The highest BCUT2D eigenvalue weighted by Crippen LogP contribution is 2.30. The lowest BCUT2D eigenvalue weighted by atomic mass is 10.2. The van der Waals surface area contributed by atoms with Gasteiger partial charge in [-0.1, -0.05) is 48.2 Å². The van der Waals surface area contributed by atoms with Gasteiger partial charge in [0, 0.05) is 18.4 Å². The molecule has 2 aromatic heterocycles. The van der Waals surface area contributed by atoms with E-state index in [9.17, 15) is 22.8 Å².